The van der Waals surface area contributed by atoms with E-state index in [0.717, 1.165) is 59.1 Å². The fourth-order valence-electron chi connectivity index (χ4n) is 4.49. The summed E-state index contributed by atoms with van der Waals surface area (Å²) in [6, 6.07) is 20.0. The van der Waals surface area contributed by atoms with E-state index in [1.165, 1.54) is 0 Å². The van der Waals surface area contributed by atoms with E-state index in [1.807, 2.05) is 49.4 Å². The molecule has 9 heteroatoms. The number of nitrogens with one attached hydrogen (secondary N) is 2. The predicted octanol–water partition coefficient (Wildman–Crippen LogP) is 4.72. The van der Waals surface area contributed by atoms with Crippen molar-refractivity contribution in [1.82, 2.24) is 15.1 Å². The van der Waals surface area contributed by atoms with Gasteiger partial charge < -0.3 is 10.2 Å². The average molecular weight is 519 g/mol. The number of fused-ring (bicyclic) bond motifs is 1. The lowest BCUT2D eigenvalue weighted by atomic mass is 9.96. The van der Waals surface area contributed by atoms with Crippen LogP contribution in [0.1, 0.15) is 24.0 Å². The molecule has 1 aliphatic heterocycles. The highest BCUT2D eigenvalue weighted by molar-refractivity contribution is 7.86. The van der Waals surface area contributed by atoms with Crippen LogP contribution in [0.15, 0.2) is 71.6 Å². The molecule has 0 spiro atoms. The van der Waals surface area contributed by atoms with Gasteiger partial charge in [-0.15, -0.1) is 0 Å². The van der Waals surface area contributed by atoms with Gasteiger partial charge >= 0.3 is 0 Å². The van der Waals surface area contributed by atoms with Crippen molar-refractivity contribution < 1.29 is 17.4 Å². The third-order valence-electron chi connectivity index (χ3n) is 6.87. The molecule has 0 bridgehead atoms. The molecule has 0 saturated carbocycles. The van der Waals surface area contributed by atoms with Crippen molar-refractivity contribution in [2.45, 2.75) is 31.3 Å². The molecule has 37 heavy (non-hydrogen) atoms. The summed E-state index contributed by atoms with van der Waals surface area (Å²) in [5, 5.41) is 11.2. The maximum atomic E-state index is 12.8. The summed E-state index contributed by atoms with van der Waals surface area (Å²) in [6.07, 6.45) is 1.69. The highest BCUT2D eigenvalue weighted by Crippen LogP contribution is 2.29. The number of nitrogens with zero attached hydrogens (tertiary/aromatic N) is 2. The zero-order valence-electron chi connectivity index (χ0n) is 20.9. The normalized spacial score (nSPS) is 15.2. The van der Waals surface area contributed by atoms with Crippen LogP contribution >= 0.6 is 0 Å². The molecule has 2 N–H and O–H groups in total. The van der Waals surface area contributed by atoms with Crippen molar-refractivity contribution in [1.29, 1.82) is 0 Å². The van der Waals surface area contributed by atoms with Crippen LogP contribution in [-0.2, 0) is 25.7 Å². The minimum atomic E-state index is -3.83. The number of aromatic nitrogens is 2. The fraction of sp³-hybridized carbons (Fsp3) is 0.286. The lowest BCUT2D eigenvalue weighted by molar-refractivity contribution is -0.121. The largest absolute Gasteiger partial charge is 0.308 e. The molecule has 8 nitrogen and oxygen atoms in total. The summed E-state index contributed by atoms with van der Waals surface area (Å²) in [5.41, 5.74) is 4.49. The van der Waals surface area contributed by atoms with E-state index in [1.54, 1.807) is 24.3 Å². The molecule has 1 amide bonds. The van der Waals surface area contributed by atoms with Crippen molar-refractivity contribution in [2.75, 3.05) is 25.5 Å². The first-order valence-corrected chi connectivity index (χ1v) is 13.7. The molecule has 4 aromatic rings. The molecule has 1 aromatic heterocycles. The fourth-order valence-corrected chi connectivity index (χ4v) is 5.39. The Morgan fingerprint density at radius 2 is 1.70 bits per heavy atom. The number of hydrogen-bond acceptors (Lipinski definition) is 6. The van der Waals surface area contributed by atoms with Crippen LogP contribution < -0.4 is 5.32 Å². The zero-order chi connectivity index (χ0) is 26.0. The van der Waals surface area contributed by atoms with E-state index >= 15 is 0 Å². The molecule has 0 aliphatic carbocycles. The van der Waals surface area contributed by atoms with Crippen LogP contribution in [0.3, 0.4) is 0 Å². The van der Waals surface area contributed by atoms with E-state index in [-0.39, 0.29) is 23.3 Å². The molecular weight excluding hydrogens is 488 g/mol. The first-order chi connectivity index (χ1) is 17.8. The molecule has 2 heterocycles. The topological polar surface area (TPSA) is 104 Å². The van der Waals surface area contributed by atoms with Gasteiger partial charge in [-0.1, -0.05) is 48.0 Å². The van der Waals surface area contributed by atoms with Crippen LogP contribution in [0.4, 0.5) is 5.82 Å². The highest BCUT2D eigenvalue weighted by atomic mass is 32.2. The molecule has 1 saturated heterocycles. The maximum Gasteiger partial charge on any atom is 0.297 e. The molecule has 5 rings (SSSR count). The number of hydrogen-bond donors (Lipinski definition) is 2. The Bertz CT molecular complexity index is 1500. The van der Waals surface area contributed by atoms with Crippen molar-refractivity contribution >= 4 is 32.7 Å². The molecule has 0 atom stereocenters. The second-order valence-corrected chi connectivity index (χ2v) is 11.2. The van der Waals surface area contributed by atoms with Gasteiger partial charge in [-0.2, -0.15) is 13.5 Å². The molecule has 3 aromatic carbocycles. The van der Waals surface area contributed by atoms with Crippen LogP contribution in [0.5, 0.6) is 0 Å². The number of aryl methyl sites for hydroxylation is 1. The first-order valence-electron chi connectivity index (χ1n) is 12.3. The summed E-state index contributed by atoms with van der Waals surface area (Å²) in [7, 11) is -1.76. The van der Waals surface area contributed by atoms with Gasteiger partial charge in [0.15, 0.2) is 5.82 Å². The summed E-state index contributed by atoms with van der Waals surface area (Å²) in [5.74, 6) is 0.541. The number of carbonyl (C=O) groups excluding carboxylic acids is 1. The molecule has 0 unspecified atom stereocenters. The lowest BCUT2D eigenvalue weighted by Gasteiger charge is -2.27. The lowest BCUT2D eigenvalue weighted by Crippen LogP contribution is -2.36. The van der Waals surface area contributed by atoms with E-state index in [4.69, 9.17) is 4.18 Å². The summed E-state index contributed by atoms with van der Waals surface area (Å²) < 4.78 is 30.2. The Morgan fingerprint density at radius 3 is 2.41 bits per heavy atom. The minimum absolute atomic E-state index is 0.00397. The zero-order valence-corrected chi connectivity index (χ0v) is 21.7. The number of benzene rings is 3. The average Bonchev–Trinajstić information content (AvgIpc) is 3.30. The number of piperidine rings is 1. The highest BCUT2D eigenvalue weighted by Gasteiger charge is 2.24. The van der Waals surface area contributed by atoms with Crippen molar-refractivity contribution in [3.63, 3.8) is 0 Å². The number of H-pyrrole nitrogens is 1. The number of anilines is 1. The molecule has 0 radical (unpaired) electrons. The van der Waals surface area contributed by atoms with E-state index in [2.05, 4.69) is 27.5 Å². The Morgan fingerprint density at radius 1 is 1.03 bits per heavy atom. The standard InChI is InChI=1S/C28H30N4O4S/c1-19-3-10-24(11-4-19)37(34,35)36-18-20-5-7-21(8-6-20)23-9-12-26-25(17-23)27(31-30-26)29-28(33)22-13-15-32(2)16-14-22/h3-12,17,22H,13-16,18H2,1-2H3,(H2,29,30,31,33). The molecule has 1 aliphatic rings. The van der Waals surface area contributed by atoms with Gasteiger partial charge in [-0.3, -0.25) is 14.1 Å². The number of amides is 1. The Labute approximate surface area is 216 Å². The monoisotopic (exact) mass is 518 g/mol. The second-order valence-electron chi connectivity index (χ2n) is 9.63. The van der Waals surface area contributed by atoms with Crippen molar-refractivity contribution in [2.24, 2.45) is 5.92 Å². The van der Waals surface area contributed by atoms with Crippen molar-refractivity contribution in [3.05, 3.63) is 77.9 Å². The van der Waals surface area contributed by atoms with Gasteiger partial charge in [-0.05, 0) is 80.9 Å². The Hall–Kier alpha value is -3.53. The van der Waals surface area contributed by atoms with Gasteiger partial charge in [0, 0.05) is 11.3 Å². The van der Waals surface area contributed by atoms with Gasteiger partial charge in [0.25, 0.3) is 10.1 Å². The van der Waals surface area contributed by atoms with Crippen LogP contribution in [-0.4, -0.2) is 49.6 Å². The van der Waals surface area contributed by atoms with Crippen LogP contribution in [0.25, 0.3) is 22.0 Å². The minimum Gasteiger partial charge on any atom is -0.308 e. The van der Waals surface area contributed by atoms with Crippen LogP contribution in [0, 0.1) is 12.8 Å². The number of aromatic amines is 1. The second kappa shape index (κ2) is 10.5. The summed E-state index contributed by atoms with van der Waals surface area (Å²) in [6.45, 7) is 3.69. The van der Waals surface area contributed by atoms with E-state index in [9.17, 15) is 13.2 Å². The van der Waals surface area contributed by atoms with Gasteiger partial charge in [0.05, 0.1) is 17.0 Å². The Kier molecular flexibility index (Phi) is 7.10. The number of likely N-dealkylation sites (tertiary alicyclic amines) is 1. The predicted molar refractivity (Wildman–Crippen MR) is 144 cm³/mol. The third-order valence-corrected chi connectivity index (χ3v) is 8.15. The molecular formula is C28H30N4O4S. The van der Waals surface area contributed by atoms with Gasteiger partial charge in [0.2, 0.25) is 5.91 Å². The molecule has 192 valence electrons. The van der Waals surface area contributed by atoms with Gasteiger partial charge in [-0.25, -0.2) is 0 Å². The van der Waals surface area contributed by atoms with Gasteiger partial charge in [0.1, 0.15) is 0 Å². The number of carbonyl (C=O) groups is 1. The third kappa shape index (κ3) is 5.74. The number of rotatable bonds is 7. The van der Waals surface area contributed by atoms with E-state index in [0.29, 0.717) is 5.82 Å². The first kappa shape index (κ1) is 25.1. The van der Waals surface area contributed by atoms with Crippen molar-refractivity contribution in [3.8, 4) is 11.1 Å². The van der Waals surface area contributed by atoms with E-state index < -0.39 is 10.1 Å². The Balaban J connectivity index is 1.27. The maximum absolute atomic E-state index is 12.8. The summed E-state index contributed by atoms with van der Waals surface area (Å²) >= 11 is 0. The quantitative estimate of drug-likeness (QED) is 0.343. The smallest absolute Gasteiger partial charge is 0.297 e. The summed E-state index contributed by atoms with van der Waals surface area (Å²) in [4.78, 5) is 15.2. The van der Waals surface area contributed by atoms with Crippen LogP contribution in [0.2, 0.25) is 0 Å². The molecule has 1 fully saturated rings. The SMILES string of the molecule is Cc1ccc(S(=O)(=O)OCc2ccc(-c3ccc4[nH]nc(NC(=O)C5CCN(C)CC5)c4c3)cc2)cc1.